The third-order valence-corrected chi connectivity index (χ3v) is 4.26. The zero-order valence-electron chi connectivity index (χ0n) is 12.3. The monoisotopic (exact) mass is 330 g/mol. The number of hydrogen-bond donors (Lipinski definition) is 1. The van der Waals surface area contributed by atoms with Crippen LogP contribution in [0.5, 0.6) is 5.75 Å². The Hall–Kier alpha value is -2.74. The average Bonchev–Trinajstić information content (AvgIpc) is 3.07. The van der Waals surface area contributed by atoms with E-state index in [9.17, 15) is 8.42 Å². The Balaban J connectivity index is 1.69. The first-order valence-corrected chi connectivity index (χ1v) is 8.65. The number of aromatic amines is 1. The van der Waals surface area contributed by atoms with E-state index in [0.717, 1.165) is 5.56 Å². The van der Waals surface area contributed by atoms with Crippen molar-refractivity contribution < 1.29 is 13.2 Å². The van der Waals surface area contributed by atoms with E-state index < -0.39 is 9.84 Å². The molecule has 0 saturated carbocycles. The van der Waals surface area contributed by atoms with E-state index in [1.807, 2.05) is 6.07 Å². The number of rotatable bonds is 5. The Morgan fingerprint density at radius 1 is 1.13 bits per heavy atom. The van der Waals surface area contributed by atoms with Crippen molar-refractivity contribution in [3.63, 3.8) is 0 Å². The van der Waals surface area contributed by atoms with Gasteiger partial charge in [-0.3, -0.25) is 4.98 Å². The Bertz CT molecular complexity index is 891. The fraction of sp³-hybridized carbons (Fsp3) is 0.133. The molecule has 0 atom stereocenters. The normalized spacial score (nSPS) is 11.3. The molecule has 0 saturated heterocycles. The summed E-state index contributed by atoms with van der Waals surface area (Å²) in [6.07, 6.45) is 4.35. The predicted molar refractivity (Wildman–Crippen MR) is 83.5 cm³/mol. The molecule has 1 N–H and O–H groups in total. The molecule has 0 spiro atoms. The van der Waals surface area contributed by atoms with Crippen molar-refractivity contribution in [3.05, 3.63) is 54.4 Å². The highest BCUT2D eigenvalue weighted by Gasteiger charge is 2.08. The van der Waals surface area contributed by atoms with Crippen LogP contribution in [0.15, 0.2) is 53.7 Å². The summed E-state index contributed by atoms with van der Waals surface area (Å²) in [4.78, 5) is 4.52. The number of H-pyrrole nitrogens is 1. The minimum Gasteiger partial charge on any atom is -0.487 e. The van der Waals surface area contributed by atoms with Gasteiger partial charge in [-0.05, 0) is 29.8 Å². The summed E-state index contributed by atoms with van der Waals surface area (Å²) < 4.78 is 28.7. The molecular formula is C15H14N4O3S. The summed E-state index contributed by atoms with van der Waals surface area (Å²) in [6.45, 7) is 0.258. The molecule has 0 bridgehead atoms. The number of pyridine rings is 1. The van der Waals surface area contributed by atoms with Crippen LogP contribution in [0.2, 0.25) is 0 Å². The summed E-state index contributed by atoms with van der Waals surface area (Å²) in [5.41, 5.74) is 2.11. The van der Waals surface area contributed by atoms with Crippen molar-refractivity contribution >= 4 is 9.84 Å². The van der Waals surface area contributed by atoms with Crippen LogP contribution in [0.25, 0.3) is 11.4 Å². The van der Waals surface area contributed by atoms with Crippen molar-refractivity contribution in [2.24, 2.45) is 0 Å². The van der Waals surface area contributed by atoms with Gasteiger partial charge in [0.15, 0.2) is 9.84 Å². The summed E-state index contributed by atoms with van der Waals surface area (Å²) >= 11 is 0. The topological polar surface area (TPSA) is 97.8 Å². The van der Waals surface area contributed by atoms with Crippen LogP contribution in [0.3, 0.4) is 0 Å². The lowest BCUT2D eigenvalue weighted by atomic mass is 10.2. The van der Waals surface area contributed by atoms with Crippen LogP contribution >= 0.6 is 0 Å². The molecule has 0 radical (unpaired) electrons. The van der Waals surface area contributed by atoms with Gasteiger partial charge >= 0.3 is 0 Å². The van der Waals surface area contributed by atoms with Crippen molar-refractivity contribution in [1.29, 1.82) is 0 Å². The second kappa shape index (κ2) is 6.17. The number of aromatic nitrogens is 4. The van der Waals surface area contributed by atoms with E-state index in [0.29, 0.717) is 17.1 Å². The molecule has 118 valence electrons. The Labute approximate surface area is 133 Å². The largest absolute Gasteiger partial charge is 0.487 e. The van der Waals surface area contributed by atoms with Crippen molar-refractivity contribution in [2.45, 2.75) is 11.5 Å². The van der Waals surface area contributed by atoms with Gasteiger partial charge in [0.2, 0.25) is 0 Å². The van der Waals surface area contributed by atoms with Gasteiger partial charge in [-0.15, -0.1) is 0 Å². The molecule has 8 heteroatoms. The molecule has 3 aromatic rings. The number of sulfone groups is 1. The second-order valence-corrected chi connectivity index (χ2v) is 6.96. The van der Waals surface area contributed by atoms with Gasteiger partial charge in [0, 0.05) is 6.26 Å². The molecule has 0 aliphatic rings. The van der Waals surface area contributed by atoms with Crippen LogP contribution in [0.1, 0.15) is 5.56 Å². The van der Waals surface area contributed by atoms with Gasteiger partial charge in [0.05, 0.1) is 23.0 Å². The van der Waals surface area contributed by atoms with E-state index in [2.05, 4.69) is 20.4 Å². The van der Waals surface area contributed by atoms with Crippen LogP contribution in [0, 0.1) is 0 Å². The van der Waals surface area contributed by atoms with Gasteiger partial charge in [-0.1, -0.05) is 12.1 Å². The molecule has 23 heavy (non-hydrogen) atoms. The third kappa shape index (κ3) is 3.72. The molecule has 0 aliphatic heterocycles. The number of hydrogen-bond acceptors (Lipinski definition) is 6. The van der Waals surface area contributed by atoms with E-state index in [1.54, 1.807) is 42.7 Å². The number of nitrogens with zero attached hydrogens (tertiary/aromatic N) is 3. The molecule has 0 amide bonds. The molecule has 3 rings (SSSR count). The van der Waals surface area contributed by atoms with Gasteiger partial charge in [-0.2, -0.15) is 15.4 Å². The lowest BCUT2D eigenvalue weighted by Crippen LogP contribution is -2.00. The highest BCUT2D eigenvalue weighted by molar-refractivity contribution is 7.90. The third-order valence-electron chi connectivity index (χ3n) is 3.15. The zero-order valence-corrected chi connectivity index (χ0v) is 13.1. The van der Waals surface area contributed by atoms with Crippen LogP contribution in [-0.2, 0) is 16.4 Å². The quantitative estimate of drug-likeness (QED) is 0.766. The molecule has 0 unspecified atom stereocenters. The van der Waals surface area contributed by atoms with Crippen molar-refractivity contribution in [2.75, 3.05) is 6.26 Å². The Morgan fingerprint density at radius 2 is 2.00 bits per heavy atom. The number of ether oxygens (including phenoxy) is 1. The highest BCUT2D eigenvalue weighted by Crippen LogP contribution is 2.18. The maximum atomic E-state index is 11.5. The fourth-order valence-electron chi connectivity index (χ4n) is 1.97. The lowest BCUT2D eigenvalue weighted by molar-refractivity contribution is 0.305. The van der Waals surface area contributed by atoms with E-state index in [-0.39, 0.29) is 11.5 Å². The van der Waals surface area contributed by atoms with Gasteiger partial charge < -0.3 is 4.74 Å². The highest BCUT2D eigenvalue weighted by atomic mass is 32.2. The van der Waals surface area contributed by atoms with Crippen LogP contribution in [0.4, 0.5) is 0 Å². The molecule has 2 aromatic heterocycles. The predicted octanol–water partition coefficient (Wildman–Crippen LogP) is 1.85. The Morgan fingerprint density at radius 3 is 2.65 bits per heavy atom. The molecule has 7 nitrogen and oxygen atoms in total. The van der Waals surface area contributed by atoms with Gasteiger partial charge in [0.1, 0.15) is 18.1 Å². The average molecular weight is 330 g/mol. The summed E-state index contributed by atoms with van der Waals surface area (Å²) in [5.74, 6) is 0.585. The summed E-state index contributed by atoms with van der Waals surface area (Å²) in [6, 6.07) is 10.2. The molecule has 0 fully saturated rings. The van der Waals surface area contributed by atoms with Gasteiger partial charge in [0.25, 0.3) is 0 Å². The first kappa shape index (κ1) is 15.2. The van der Waals surface area contributed by atoms with Gasteiger partial charge in [-0.25, -0.2) is 8.42 Å². The number of benzene rings is 1. The van der Waals surface area contributed by atoms with E-state index >= 15 is 0 Å². The first-order chi connectivity index (χ1) is 11.0. The zero-order chi connectivity index (χ0) is 16.3. The molecule has 2 heterocycles. The fourth-order valence-corrected chi connectivity index (χ4v) is 2.67. The minimum absolute atomic E-state index is 0.258. The smallest absolute Gasteiger partial charge is 0.175 e. The first-order valence-electron chi connectivity index (χ1n) is 6.76. The summed E-state index contributed by atoms with van der Waals surface area (Å²) in [5, 5.41) is 10.2. The molecular weight excluding hydrogens is 316 g/mol. The van der Waals surface area contributed by atoms with E-state index in [4.69, 9.17) is 4.74 Å². The maximum absolute atomic E-state index is 11.5. The Kier molecular flexibility index (Phi) is 4.07. The molecule has 1 aromatic carbocycles. The van der Waals surface area contributed by atoms with Crippen molar-refractivity contribution in [3.8, 4) is 17.1 Å². The van der Waals surface area contributed by atoms with Crippen LogP contribution in [-0.4, -0.2) is 35.1 Å². The maximum Gasteiger partial charge on any atom is 0.175 e. The second-order valence-electron chi connectivity index (χ2n) is 4.94. The SMILES string of the molecule is CS(=O)(=O)c1cccc(COc2ccc(-c3cn[nH]n3)nc2)c1. The minimum atomic E-state index is -3.22. The van der Waals surface area contributed by atoms with Crippen LogP contribution < -0.4 is 4.74 Å². The molecule has 0 aliphatic carbocycles. The van der Waals surface area contributed by atoms with E-state index in [1.165, 1.54) is 6.26 Å². The lowest BCUT2D eigenvalue weighted by Gasteiger charge is -2.07. The number of nitrogens with one attached hydrogen (secondary N) is 1. The van der Waals surface area contributed by atoms with Crippen molar-refractivity contribution in [1.82, 2.24) is 20.4 Å². The summed E-state index contributed by atoms with van der Waals surface area (Å²) in [7, 11) is -3.22. The standard InChI is InChI=1S/C15H14N4O3S/c1-23(20,21)13-4-2-3-11(7-13)10-22-12-5-6-14(16-8-12)15-9-17-19-18-15/h2-9H,10H2,1H3,(H,17,18,19).